The normalized spacial score (nSPS) is 9.74. The van der Waals surface area contributed by atoms with Gasteiger partial charge in [0.25, 0.3) is 0 Å². The fourth-order valence-corrected chi connectivity index (χ4v) is 3.18. The van der Waals surface area contributed by atoms with Gasteiger partial charge in [-0.25, -0.2) is 4.39 Å². The highest BCUT2D eigenvalue weighted by Gasteiger charge is 2.10. The second-order valence-electron chi connectivity index (χ2n) is 10.7. The summed E-state index contributed by atoms with van der Waals surface area (Å²) in [5.41, 5.74) is 9.29. The zero-order valence-electron chi connectivity index (χ0n) is 26.5. The summed E-state index contributed by atoms with van der Waals surface area (Å²) in [7, 11) is 0. The highest BCUT2D eigenvalue weighted by Crippen LogP contribution is 2.23. The Balaban J connectivity index is 0. The van der Waals surface area contributed by atoms with E-state index in [1.807, 2.05) is 20.8 Å². The van der Waals surface area contributed by atoms with E-state index in [9.17, 15) is 4.39 Å². The van der Waals surface area contributed by atoms with Crippen LogP contribution in [0.2, 0.25) is 0 Å². The third-order valence-corrected chi connectivity index (χ3v) is 5.64. The van der Waals surface area contributed by atoms with Gasteiger partial charge in [-0.2, -0.15) is 0 Å². The molecular weight excluding hydrogens is 463 g/mol. The van der Waals surface area contributed by atoms with Gasteiger partial charge < -0.3 is 0 Å². The average Bonchev–Trinajstić information content (AvgIpc) is 2.85. The van der Waals surface area contributed by atoms with Crippen molar-refractivity contribution in [1.82, 2.24) is 0 Å². The number of allylic oxidation sites excluding steroid dienone is 2. The minimum absolute atomic E-state index is 0.160. The summed E-state index contributed by atoms with van der Waals surface area (Å²) >= 11 is 0. The molecule has 0 N–H and O–H groups in total. The molecule has 3 aromatic rings. The molecular formula is C37H55F. The standard InChI is InChI=1S/C10H14.C9H12.C8H9F.C8H14.C2H6/c1-8(2)10-6-4-9(3)5-7-10;1-7-4-8(2)6-9(3)5-7;1-2-7-3-5-8(9)6-4-7;1-6-7(2)8(3,4)5;1-2/h4-8H,1-3H3;4-6H,1-3H3;3-6H,2H2,1H3;6H,1-2H2,3-5H3;1-2H3. The van der Waals surface area contributed by atoms with Crippen LogP contribution in [0.5, 0.6) is 0 Å². The number of hydrogen-bond acceptors (Lipinski definition) is 0. The lowest BCUT2D eigenvalue weighted by atomic mass is 9.88. The molecule has 0 saturated carbocycles. The molecule has 0 aliphatic rings. The Bertz CT molecular complexity index is 979. The number of halogens is 1. The summed E-state index contributed by atoms with van der Waals surface area (Å²) in [5.74, 6) is 0.493. The topological polar surface area (TPSA) is 0 Å². The molecule has 0 saturated heterocycles. The molecule has 38 heavy (non-hydrogen) atoms. The molecule has 0 fully saturated rings. The first-order valence-corrected chi connectivity index (χ1v) is 13.9. The minimum Gasteiger partial charge on any atom is -0.207 e. The Labute approximate surface area is 235 Å². The smallest absolute Gasteiger partial charge is 0.123 e. The quantitative estimate of drug-likeness (QED) is 0.302. The summed E-state index contributed by atoms with van der Waals surface area (Å²) in [6.45, 7) is 32.8. The van der Waals surface area contributed by atoms with E-state index in [-0.39, 0.29) is 11.2 Å². The van der Waals surface area contributed by atoms with E-state index in [2.05, 4.69) is 118 Å². The van der Waals surface area contributed by atoms with Gasteiger partial charge in [-0.1, -0.05) is 157 Å². The van der Waals surface area contributed by atoms with E-state index in [0.29, 0.717) is 5.92 Å². The Kier molecular flexibility index (Phi) is 19.7. The molecule has 3 rings (SSSR count). The number of aryl methyl sites for hydroxylation is 5. The van der Waals surface area contributed by atoms with E-state index in [0.717, 1.165) is 12.0 Å². The predicted octanol–water partition coefficient (Wildman–Crippen LogP) is 11.9. The third-order valence-electron chi connectivity index (χ3n) is 5.64. The van der Waals surface area contributed by atoms with Crippen LogP contribution >= 0.6 is 0 Å². The van der Waals surface area contributed by atoms with Crippen molar-refractivity contribution in [3.05, 3.63) is 131 Å². The highest BCUT2D eigenvalue weighted by atomic mass is 19.1. The van der Waals surface area contributed by atoms with Crippen LogP contribution in [0.25, 0.3) is 0 Å². The van der Waals surface area contributed by atoms with E-state index < -0.39 is 0 Å². The second-order valence-corrected chi connectivity index (χ2v) is 10.7. The van der Waals surface area contributed by atoms with Crippen LogP contribution in [0.15, 0.2) is 91.5 Å². The SMILES string of the molecule is C=CC(=C)C(C)(C)C.CC.CCc1ccc(F)cc1.Cc1cc(C)cc(C)c1.Cc1ccc(C(C)C)cc1. The number of benzene rings is 3. The summed E-state index contributed by atoms with van der Waals surface area (Å²) in [5, 5.41) is 0. The van der Waals surface area contributed by atoms with Gasteiger partial charge in [0.05, 0.1) is 0 Å². The molecule has 1 heteroatoms. The fraction of sp³-hybridized carbons (Fsp3) is 0.405. The van der Waals surface area contributed by atoms with Gasteiger partial charge in [-0.15, -0.1) is 0 Å². The Morgan fingerprint density at radius 1 is 0.763 bits per heavy atom. The number of rotatable bonds is 3. The minimum atomic E-state index is -0.160. The maximum Gasteiger partial charge on any atom is 0.123 e. The molecule has 3 aromatic carbocycles. The summed E-state index contributed by atoms with van der Waals surface area (Å²) in [4.78, 5) is 0. The molecule has 0 atom stereocenters. The molecule has 210 valence electrons. The molecule has 0 heterocycles. The summed E-state index contributed by atoms with van der Waals surface area (Å²) in [6, 6.07) is 21.8. The first kappa shape index (κ1) is 37.2. The largest absolute Gasteiger partial charge is 0.207 e. The van der Waals surface area contributed by atoms with E-state index in [1.54, 1.807) is 18.2 Å². The average molecular weight is 519 g/mol. The maximum atomic E-state index is 12.2. The van der Waals surface area contributed by atoms with Crippen LogP contribution < -0.4 is 0 Å². The van der Waals surface area contributed by atoms with Crippen molar-refractivity contribution < 1.29 is 4.39 Å². The van der Waals surface area contributed by atoms with E-state index in [4.69, 9.17) is 0 Å². The zero-order valence-corrected chi connectivity index (χ0v) is 26.5. The Hall–Kier alpha value is -2.93. The van der Waals surface area contributed by atoms with Crippen molar-refractivity contribution >= 4 is 0 Å². The second kappa shape index (κ2) is 20.1. The van der Waals surface area contributed by atoms with Crippen molar-refractivity contribution in [3.63, 3.8) is 0 Å². The van der Waals surface area contributed by atoms with Gasteiger partial charge in [-0.3, -0.25) is 0 Å². The van der Waals surface area contributed by atoms with Crippen LogP contribution in [0, 0.1) is 38.9 Å². The molecule has 0 aliphatic carbocycles. The lowest BCUT2D eigenvalue weighted by Gasteiger charge is -2.17. The lowest BCUT2D eigenvalue weighted by Crippen LogP contribution is -2.05. The zero-order chi connectivity index (χ0) is 29.9. The summed E-state index contributed by atoms with van der Waals surface area (Å²) in [6.07, 6.45) is 2.78. The van der Waals surface area contributed by atoms with E-state index >= 15 is 0 Å². The monoisotopic (exact) mass is 518 g/mol. The first-order chi connectivity index (χ1) is 17.7. The molecule has 0 unspecified atom stereocenters. The molecule has 0 radical (unpaired) electrons. The van der Waals surface area contributed by atoms with Crippen LogP contribution in [-0.2, 0) is 6.42 Å². The lowest BCUT2D eigenvalue weighted by molar-refractivity contribution is 0.519. The van der Waals surface area contributed by atoms with Crippen molar-refractivity contribution in [2.75, 3.05) is 0 Å². The maximum absolute atomic E-state index is 12.2. The summed E-state index contributed by atoms with van der Waals surface area (Å²) < 4.78 is 12.2. The van der Waals surface area contributed by atoms with Crippen LogP contribution in [0.3, 0.4) is 0 Å². The highest BCUT2D eigenvalue weighted by molar-refractivity contribution is 5.27. The van der Waals surface area contributed by atoms with Gasteiger partial charge in [-0.05, 0) is 68.7 Å². The Morgan fingerprint density at radius 2 is 1.16 bits per heavy atom. The van der Waals surface area contributed by atoms with Crippen molar-refractivity contribution in [2.45, 2.75) is 95.4 Å². The van der Waals surface area contributed by atoms with Crippen LogP contribution in [-0.4, -0.2) is 0 Å². The fourth-order valence-electron chi connectivity index (χ4n) is 3.18. The Morgan fingerprint density at radius 3 is 1.42 bits per heavy atom. The van der Waals surface area contributed by atoms with Gasteiger partial charge in [0, 0.05) is 0 Å². The molecule has 0 aromatic heterocycles. The molecule has 0 amide bonds. The van der Waals surface area contributed by atoms with Crippen LogP contribution in [0.4, 0.5) is 4.39 Å². The van der Waals surface area contributed by atoms with Gasteiger partial charge >= 0.3 is 0 Å². The van der Waals surface area contributed by atoms with Gasteiger partial charge in [0.1, 0.15) is 5.82 Å². The van der Waals surface area contributed by atoms with Crippen molar-refractivity contribution in [3.8, 4) is 0 Å². The van der Waals surface area contributed by atoms with E-state index in [1.165, 1.54) is 45.5 Å². The molecule has 0 bridgehead atoms. The van der Waals surface area contributed by atoms with Crippen LogP contribution in [0.1, 0.15) is 94.7 Å². The molecule has 0 spiro atoms. The molecule has 0 nitrogen and oxygen atoms in total. The predicted molar refractivity (Wildman–Crippen MR) is 172 cm³/mol. The van der Waals surface area contributed by atoms with Gasteiger partial charge in [0.2, 0.25) is 0 Å². The van der Waals surface area contributed by atoms with Crippen molar-refractivity contribution in [1.29, 1.82) is 0 Å². The molecule has 0 aliphatic heterocycles. The number of hydrogen-bond donors (Lipinski definition) is 0. The van der Waals surface area contributed by atoms with Crippen molar-refractivity contribution in [2.24, 2.45) is 5.41 Å². The third kappa shape index (κ3) is 18.3. The van der Waals surface area contributed by atoms with Gasteiger partial charge in [0.15, 0.2) is 0 Å². The first-order valence-electron chi connectivity index (χ1n) is 13.9.